The van der Waals surface area contributed by atoms with Gasteiger partial charge in [-0.2, -0.15) is 0 Å². The van der Waals surface area contributed by atoms with Crippen LogP contribution in [-0.2, 0) is 0 Å². The van der Waals surface area contributed by atoms with E-state index in [1.807, 2.05) is 0 Å². The molecule has 1 saturated heterocycles. The maximum atomic E-state index is 9.68. The molecule has 1 heterocycles. The topological polar surface area (TPSA) is 35.5 Å². The monoisotopic (exact) mass is 254 g/mol. The Morgan fingerprint density at radius 1 is 1.39 bits per heavy atom. The Hall–Kier alpha value is -0.120. The normalized spacial score (nSPS) is 38.2. The van der Waals surface area contributed by atoms with Crippen LogP contribution in [0.3, 0.4) is 0 Å². The van der Waals surface area contributed by atoms with E-state index in [0.29, 0.717) is 5.41 Å². The molecule has 0 aromatic carbocycles. The number of rotatable bonds is 5. The van der Waals surface area contributed by atoms with Gasteiger partial charge in [-0.1, -0.05) is 26.7 Å². The summed E-state index contributed by atoms with van der Waals surface area (Å²) in [6, 6.07) is 0. The Kier molecular flexibility index (Phi) is 5.05. The predicted molar refractivity (Wildman–Crippen MR) is 75.7 cm³/mol. The lowest BCUT2D eigenvalue weighted by Crippen LogP contribution is -2.46. The molecule has 1 saturated carbocycles. The summed E-state index contributed by atoms with van der Waals surface area (Å²) in [6.07, 6.45) is 6.37. The van der Waals surface area contributed by atoms with Gasteiger partial charge in [0.25, 0.3) is 0 Å². The average Bonchev–Trinajstić information content (AvgIpc) is 2.72. The third kappa shape index (κ3) is 3.69. The van der Waals surface area contributed by atoms with Gasteiger partial charge in [0.2, 0.25) is 0 Å². The maximum absolute atomic E-state index is 9.68. The highest BCUT2D eigenvalue weighted by Crippen LogP contribution is 2.40. The van der Waals surface area contributed by atoms with Crippen LogP contribution in [0.1, 0.15) is 46.0 Å². The van der Waals surface area contributed by atoms with Gasteiger partial charge in [0, 0.05) is 26.2 Å². The molecule has 3 nitrogen and oxygen atoms in total. The van der Waals surface area contributed by atoms with E-state index in [4.69, 9.17) is 0 Å². The minimum Gasteiger partial charge on any atom is -0.392 e. The van der Waals surface area contributed by atoms with Gasteiger partial charge in [0.15, 0.2) is 0 Å². The minimum atomic E-state index is -0.0813. The number of nitrogens with one attached hydrogen (secondary N) is 1. The smallest absolute Gasteiger partial charge is 0.0679 e. The molecule has 0 bridgehead atoms. The van der Waals surface area contributed by atoms with E-state index in [1.165, 1.54) is 32.2 Å². The molecular weight excluding hydrogens is 224 g/mol. The third-order valence-corrected chi connectivity index (χ3v) is 4.74. The van der Waals surface area contributed by atoms with Crippen LogP contribution >= 0.6 is 0 Å². The largest absolute Gasteiger partial charge is 0.392 e. The molecule has 3 unspecified atom stereocenters. The maximum Gasteiger partial charge on any atom is 0.0679 e. The zero-order valence-electron chi connectivity index (χ0n) is 12.1. The summed E-state index contributed by atoms with van der Waals surface area (Å²) in [7, 11) is 0. The zero-order valence-corrected chi connectivity index (χ0v) is 12.1. The Morgan fingerprint density at radius 3 is 2.83 bits per heavy atom. The van der Waals surface area contributed by atoms with E-state index < -0.39 is 0 Å². The van der Waals surface area contributed by atoms with Crippen molar-refractivity contribution >= 4 is 0 Å². The number of nitrogens with zero attached hydrogens (tertiary/aromatic N) is 1. The van der Waals surface area contributed by atoms with Crippen molar-refractivity contribution in [3.05, 3.63) is 0 Å². The first-order valence-electron chi connectivity index (χ1n) is 7.75. The van der Waals surface area contributed by atoms with Gasteiger partial charge in [0.05, 0.1) is 6.10 Å². The van der Waals surface area contributed by atoms with Crippen molar-refractivity contribution < 1.29 is 5.11 Å². The summed E-state index contributed by atoms with van der Waals surface area (Å²) < 4.78 is 0. The molecule has 2 aliphatic rings. The molecule has 3 atom stereocenters. The molecule has 1 aliphatic carbocycles. The van der Waals surface area contributed by atoms with Crippen LogP contribution in [0.15, 0.2) is 0 Å². The fourth-order valence-electron chi connectivity index (χ4n) is 3.95. The summed E-state index contributed by atoms with van der Waals surface area (Å²) >= 11 is 0. The van der Waals surface area contributed by atoms with E-state index in [9.17, 15) is 5.11 Å². The highest BCUT2D eigenvalue weighted by atomic mass is 16.3. The molecule has 0 spiro atoms. The lowest BCUT2D eigenvalue weighted by atomic mass is 9.69. The van der Waals surface area contributed by atoms with Crippen molar-refractivity contribution in [3.8, 4) is 0 Å². The van der Waals surface area contributed by atoms with Gasteiger partial charge < -0.3 is 15.3 Å². The molecule has 0 aromatic rings. The zero-order chi connectivity index (χ0) is 13.0. The van der Waals surface area contributed by atoms with Crippen LogP contribution < -0.4 is 5.32 Å². The standard InChI is InChI=1S/C15H30N2O/c1-3-16-11-15(7-4-5-13(2)9-15)12-17-8-6-14(18)10-17/h13-14,16,18H,3-12H2,1-2H3. The van der Waals surface area contributed by atoms with Crippen LogP contribution in [0, 0.1) is 11.3 Å². The number of hydrogen-bond acceptors (Lipinski definition) is 3. The van der Waals surface area contributed by atoms with Crippen LogP contribution in [0.2, 0.25) is 0 Å². The molecule has 2 rings (SSSR count). The van der Waals surface area contributed by atoms with Crippen molar-refractivity contribution in [1.29, 1.82) is 0 Å². The van der Waals surface area contributed by atoms with E-state index in [1.54, 1.807) is 0 Å². The Balaban J connectivity index is 1.95. The highest BCUT2D eigenvalue weighted by molar-refractivity contribution is 4.91. The van der Waals surface area contributed by atoms with Crippen molar-refractivity contribution in [2.24, 2.45) is 11.3 Å². The summed E-state index contributed by atoms with van der Waals surface area (Å²) in [5.41, 5.74) is 0.456. The van der Waals surface area contributed by atoms with Crippen LogP contribution in [0.5, 0.6) is 0 Å². The van der Waals surface area contributed by atoms with Crippen molar-refractivity contribution in [1.82, 2.24) is 10.2 Å². The van der Waals surface area contributed by atoms with Gasteiger partial charge in [-0.05, 0) is 37.1 Å². The van der Waals surface area contributed by atoms with Gasteiger partial charge >= 0.3 is 0 Å². The molecular formula is C15H30N2O. The van der Waals surface area contributed by atoms with Crippen molar-refractivity contribution in [2.75, 3.05) is 32.7 Å². The molecule has 18 heavy (non-hydrogen) atoms. The molecule has 2 N–H and O–H groups in total. The Bertz CT molecular complexity index is 259. The molecule has 0 aromatic heterocycles. The first-order chi connectivity index (χ1) is 8.63. The molecule has 106 valence electrons. The van der Waals surface area contributed by atoms with E-state index in [-0.39, 0.29) is 6.10 Å². The van der Waals surface area contributed by atoms with Gasteiger partial charge in [-0.15, -0.1) is 0 Å². The number of β-amino-alcohol motifs (C(OH)–C–C–N with tert-alkyl or cyclic N) is 1. The second-order valence-electron chi connectivity index (χ2n) is 6.66. The molecule has 2 fully saturated rings. The Morgan fingerprint density at radius 2 is 2.22 bits per heavy atom. The molecule has 0 radical (unpaired) electrons. The van der Waals surface area contributed by atoms with Gasteiger partial charge in [-0.3, -0.25) is 0 Å². The summed E-state index contributed by atoms with van der Waals surface area (Å²) in [5.74, 6) is 0.866. The van der Waals surface area contributed by atoms with Crippen molar-refractivity contribution in [2.45, 2.75) is 52.1 Å². The SMILES string of the molecule is CCNCC1(CN2CCC(O)C2)CCCC(C)C1. The minimum absolute atomic E-state index is 0.0813. The molecule has 1 aliphatic heterocycles. The van der Waals surface area contributed by atoms with E-state index in [2.05, 4.69) is 24.1 Å². The van der Waals surface area contributed by atoms with Crippen LogP contribution in [-0.4, -0.2) is 48.8 Å². The van der Waals surface area contributed by atoms with Crippen LogP contribution in [0.25, 0.3) is 0 Å². The second-order valence-corrected chi connectivity index (χ2v) is 6.66. The predicted octanol–water partition coefficient (Wildman–Crippen LogP) is 1.86. The fourth-order valence-corrected chi connectivity index (χ4v) is 3.95. The lowest BCUT2D eigenvalue weighted by Gasteiger charge is -2.43. The number of hydrogen-bond donors (Lipinski definition) is 2. The van der Waals surface area contributed by atoms with Crippen molar-refractivity contribution in [3.63, 3.8) is 0 Å². The number of aliphatic hydroxyl groups is 1. The summed E-state index contributed by atoms with van der Waals surface area (Å²) in [4.78, 5) is 2.49. The quantitative estimate of drug-likeness (QED) is 0.786. The first kappa shape index (κ1) is 14.3. The summed E-state index contributed by atoms with van der Waals surface area (Å²) in [5, 5.41) is 13.3. The fraction of sp³-hybridized carbons (Fsp3) is 1.00. The lowest BCUT2D eigenvalue weighted by molar-refractivity contribution is 0.0832. The van der Waals surface area contributed by atoms with Gasteiger partial charge in [-0.25, -0.2) is 0 Å². The average molecular weight is 254 g/mol. The summed E-state index contributed by atoms with van der Waals surface area (Å²) in [6.45, 7) is 9.98. The first-order valence-corrected chi connectivity index (χ1v) is 7.75. The van der Waals surface area contributed by atoms with E-state index >= 15 is 0 Å². The number of likely N-dealkylation sites (tertiary alicyclic amines) is 1. The second kappa shape index (κ2) is 6.36. The molecule has 3 heteroatoms. The molecule has 0 amide bonds. The highest BCUT2D eigenvalue weighted by Gasteiger charge is 2.37. The van der Waals surface area contributed by atoms with Crippen LogP contribution in [0.4, 0.5) is 0 Å². The Labute approximate surface area is 112 Å². The number of aliphatic hydroxyl groups excluding tert-OH is 1. The third-order valence-electron chi connectivity index (χ3n) is 4.74. The van der Waals surface area contributed by atoms with Gasteiger partial charge in [0.1, 0.15) is 0 Å². The van der Waals surface area contributed by atoms with E-state index in [0.717, 1.165) is 38.5 Å².